The van der Waals surface area contributed by atoms with Crippen LogP contribution in [-0.2, 0) is 13.1 Å². The lowest BCUT2D eigenvalue weighted by atomic mass is 10.1. The van der Waals surface area contributed by atoms with E-state index in [0.29, 0.717) is 6.04 Å². The highest BCUT2D eigenvalue weighted by Gasteiger charge is 2.10. The van der Waals surface area contributed by atoms with Gasteiger partial charge < -0.3 is 9.88 Å². The zero-order chi connectivity index (χ0) is 14.7. The van der Waals surface area contributed by atoms with Gasteiger partial charge >= 0.3 is 0 Å². The standard InChI is InChI=1S/C18H21N3/c1-3-21-17-12-8-7-11-16(17)20-18(21)13-19-14(2)15-9-5-4-6-10-15/h4-12,14,19H,3,13H2,1-2H3/t14-/m1/s1. The maximum atomic E-state index is 4.75. The lowest BCUT2D eigenvalue weighted by Crippen LogP contribution is -2.20. The molecule has 108 valence electrons. The molecule has 0 amide bonds. The van der Waals surface area contributed by atoms with Gasteiger partial charge in [-0.05, 0) is 31.5 Å². The van der Waals surface area contributed by atoms with Crippen molar-refractivity contribution in [1.29, 1.82) is 0 Å². The number of rotatable bonds is 5. The summed E-state index contributed by atoms with van der Waals surface area (Å²) in [6, 6.07) is 19.1. The molecule has 21 heavy (non-hydrogen) atoms. The average Bonchev–Trinajstić information content (AvgIpc) is 2.91. The van der Waals surface area contributed by atoms with E-state index in [1.807, 2.05) is 12.1 Å². The number of aryl methyl sites for hydroxylation is 1. The molecule has 0 fully saturated rings. The molecule has 0 unspecified atom stereocenters. The minimum Gasteiger partial charge on any atom is -0.327 e. The van der Waals surface area contributed by atoms with Crippen molar-refractivity contribution >= 4 is 11.0 Å². The molecule has 0 radical (unpaired) electrons. The van der Waals surface area contributed by atoms with E-state index >= 15 is 0 Å². The van der Waals surface area contributed by atoms with Gasteiger partial charge in [-0.25, -0.2) is 4.98 Å². The fourth-order valence-corrected chi connectivity index (χ4v) is 2.72. The van der Waals surface area contributed by atoms with Crippen molar-refractivity contribution in [3.05, 3.63) is 66.0 Å². The summed E-state index contributed by atoms with van der Waals surface area (Å²) in [6.45, 7) is 6.07. The lowest BCUT2D eigenvalue weighted by molar-refractivity contribution is 0.543. The molecule has 0 saturated heterocycles. The average molecular weight is 279 g/mol. The van der Waals surface area contributed by atoms with Gasteiger partial charge in [0.15, 0.2) is 0 Å². The summed E-state index contributed by atoms with van der Waals surface area (Å²) in [5.74, 6) is 1.10. The van der Waals surface area contributed by atoms with Gasteiger partial charge in [0.2, 0.25) is 0 Å². The molecule has 0 aliphatic carbocycles. The molecule has 1 N–H and O–H groups in total. The number of hydrogen-bond acceptors (Lipinski definition) is 2. The molecule has 3 aromatic rings. The van der Waals surface area contributed by atoms with Crippen molar-refractivity contribution in [3.8, 4) is 0 Å². The fourth-order valence-electron chi connectivity index (χ4n) is 2.72. The Hall–Kier alpha value is -2.13. The summed E-state index contributed by atoms with van der Waals surface area (Å²) in [5, 5.41) is 3.57. The molecule has 0 saturated carbocycles. The van der Waals surface area contributed by atoms with Crippen molar-refractivity contribution in [3.63, 3.8) is 0 Å². The van der Waals surface area contributed by atoms with Crippen LogP contribution in [0.15, 0.2) is 54.6 Å². The van der Waals surface area contributed by atoms with E-state index in [2.05, 4.69) is 66.2 Å². The van der Waals surface area contributed by atoms with Crippen molar-refractivity contribution in [1.82, 2.24) is 14.9 Å². The molecule has 2 aromatic carbocycles. The normalized spacial score (nSPS) is 12.7. The van der Waals surface area contributed by atoms with Crippen LogP contribution >= 0.6 is 0 Å². The van der Waals surface area contributed by atoms with Crippen LogP contribution in [0.3, 0.4) is 0 Å². The largest absolute Gasteiger partial charge is 0.327 e. The molecule has 1 aromatic heterocycles. The van der Waals surface area contributed by atoms with E-state index in [9.17, 15) is 0 Å². The van der Waals surface area contributed by atoms with Crippen molar-refractivity contribution in [2.45, 2.75) is 33.0 Å². The number of nitrogens with one attached hydrogen (secondary N) is 1. The van der Waals surface area contributed by atoms with E-state index in [1.54, 1.807) is 0 Å². The second-order valence-corrected chi connectivity index (χ2v) is 5.27. The number of nitrogens with zero attached hydrogens (tertiary/aromatic N) is 2. The highest BCUT2D eigenvalue weighted by atomic mass is 15.1. The molecule has 0 bridgehead atoms. The van der Waals surface area contributed by atoms with Crippen molar-refractivity contribution < 1.29 is 0 Å². The van der Waals surface area contributed by atoms with E-state index in [4.69, 9.17) is 4.98 Å². The number of imidazole rings is 1. The molecular formula is C18H21N3. The Bertz CT molecular complexity index is 716. The molecule has 3 nitrogen and oxygen atoms in total. The Balaban J connectivity index is 1.79. The second-order valence-electron chi connectivity index (χ2n) is 5.27. The van der Waals surface area contributed by atoms with Crippen LogP contribution in [0.25, 0.3) is 11.0 Å². The predicted molar refractivity (Wildman–Crippen MR) is 87.1 cm³/mol. The minimum absolute atomic E-state index is 0.316. The third kappa shape index (κ3) is 2.83. The number of hydrogen-bond donors (Lipinski definition) is 1. The van der Waals surface area contributed by atoms with Gasteiger partial charge in [0, 0.05) is 12.6 Å². The van der Waals surface area contributed by atoms with Gasteiger partial charge in [-0.2, -0.15) is 0 Å². The molecular weight excluding hydrogens is 258 g/mol. The molecule has 3 rings (SSSR count). The number of para-hydroxylation sites is 2. The first kappa shape index (κ1) is 13.8. The monoisotopic (exact) mass is 279 g/mol. The van der Waals surface area contributed by atoms with Gasteiger partial charge in [-0.15, -0.1) is 0 Å². The number of benzene rings is 2. The summed E-state index contributed by atoms with van der Waals surface area (Å²) >= 11 is 0. The highest BCUT2D eigenvalue weighted by molar-refractivity contribution is 5.75. The smallest absolute Gasteiger partial charge is 0.123 e. The molecule has 3 heteroatoms. The van der Waals surface area contributed by atoms with Crippen LogP contribution in [-0.4, -0.2) is 9.55 Å². The van der Waals surface area contributed by atoms with Crippen LogP contribution in [0.1, 0.15) is 31.3 Å². The Labute approximate surface area is 125 Å². The third-order valence-electron chi connectivity index (χ3n) is 3.92. The Morgan fingerprint density at radius 3 is 2.52 bits per heavy atom. The zero-order valence-corrected chi connectivity index (χ0v) is 12.6. The SMILES string of the molecule is CCn1c(CN[C@H](C)c2ccccc2)nc2ccccc21. The van der Waals surface area contributed by atoms with Crippen molar-refractivity contribution in [2.75, 3.05) is 0 Å². The van der Waals surface area contributed by atoms with Crippen LogP contribution in [0.5, 0.6) is 0 Å². The first-order chi connectivity index (χ1) is 10.3. The number of fused-ring (bicyclic) bond motifs is 1. The summed E-state index contributed by atoms with van der Waals surface area (Å²) in [6.07, 6.45) is 0. The quantitative estimate of drug-likeness (QED) is 0.767. The third-order valence-corrected chi connectivity index (χ3v) is 3.92. The summed E-state index contributed by atoms with van der Waals surface area (Å²) in [5.41, 5.74) is 3.59. The molecule has 1 atom stereocenters. The Morgan fingerprint density at radius 2 is 1.76 bits per heavy atom. The Morgan fingerprint density at radius 1 is 1.05 bits per heavy atom. The van der Waals surface area contributed by atoms with E-state index in [1.165, 1.54) is 11.1 Å². The predicted octanol–water partition coefficient (Wildman–Crippen LogP) is 3.91. The first-order valence-corrected chi connectivity index (χ1v) is 7.52. The topological polar surface area (TPSA) is 29.9 Å². The highest BCUT2D eigenvalue weighted by Crippen LogP contribution is 2.17. The maximum absolute atomic E-state index is 4.75. The zero-order valence-electron chi connectivity index (χ0n) is 12.6. The van der Waals surface area contributed by atoms with Crippen LogP contribution in [0.2, 0.25) is 0 Å². The van der Waals surface area contributed by atoms with E-state index in [0.717, 1.165) is 24.4 Å². The van der Waals surface area contributed by atoms with Gasteiger partial charge in [-0.3, -0.25) is 0 Å². The molecule has 1 heterocycles. The minimum atomic E-state index is 0.316. The van der Waals surface area contributed by atoms with Crippen LogP contribution in [0, 0.1) is 0 Å². The second kappa shape index (κ2) is 6.10. The Kier molecular flexibility index (Phi) is 4.02. The van der Waals surface area contributed by atoms with Gasteiger partial charge in [0.1, 0.15) is 5.82 Å². The van der Waals surface area contributed by atoms with E-state index in [-0.39, 0.29) is 0 Å². The number of aromatic nitrogens is 2. The molecule has 0 aliphatic rings. The molecule has 0 aliphatic heterocycles. The van der Waals surface area contributed by atoms with Crippen molar-refractivity contribution in [2.24, 2.45) is 0 Å². The van der Waals surface area contributed by atoms with Gasteiger partial charge in [0.25, 0.3) is 0 Å². The maximum Gasteiger partial charge on any atom is 0.123 e. The van der Waals surface area contributed by atoms with Gasteiger partial charge in [0.05, 0.1) is 17.6 Å². The van der Waals surface area contributed by atoms with Crippen LogP contribution < -0.4 is 5.32 Å². The molecule has 0 spiro atoms. The summed E-state index contributed by atoms with van der Waals surface area (Å²) < 4.78 is 2.28. The fraction of sp³-hybridized carbons (Fsp3) is 0.278. The van der Waals surface area contributed by atoms with E-state index < -0.39 is 0 Å². The lowest BCUT2D eigenvalue weighted by Gasteiger charge is -2.14. The first-order valence-electron chi connectivity index (χ1n) is 7.52. The summed E-state index contributed by atoms with van der Waals surface area (Å²) in [4.78, 5) is 4.75. The van der Waals surface area contributed by atoms with Gasteiger partial charge in [-0.1, -0.05) is 42.5 Å². The van der Waals surface area contributed by atoms with Crippen LogP contribution in [0.4, 0.5) is 0 Å². The summed E-state index contributed by atoms with van der Waals surface area (Å²) in [7, 11) is 0.